The molecular weight excluding hydrogens is 368 g/mol. The number of thiazole rings is 1. The Morgan fingerprint density at radius 1 is 1.35 bits per heavy atom. The Balaban J connectivity index is 2.08. The minimum atomic E-state index is -3.02. The van der Waals surface area contributed by atoms with Crippen LogP contribution in [0.3, 0.4) is 0 Å². The van der Waals surface area contributed by atoms with E-state index in [1.807, 2.05) is 12.3 Å². The standard InChI is InChI=1S/C16H17F2N3O4S/c1-9-8-26-14(20-9)6-13(22)21-19-7-10-4-11(23-2)15(25-16(17)18)12(5-10)24-3/h4-5,7-8,16H,6H2,1-3H3,(H,21,22)/b19-7-. The number of methoxy groups -OCH3 is 2. The number of carbonyl (C=O) groups is 1. The first kappa shape index (κ1) is 19.6. The third kappa shape index (κ3) is 5.38. The van der Waals surface area contributed by atoms with Gasteiger partial charge in [0.15, 0.2) is 11.5 Å². The molecule has 1 aromatic heterocycles. The highest BCUT2D eigenvalue weighted by atomic mass is 32.1. The van der Waals surface area contributed by atoms with Crippen molar-refractivity contribution in [2.45, 2.75) is 20.0 Å². The van der Waals surface area contributed by atoms with Crippen LogP contribution in [0.1, 0.15) is 16.3 Å². The minimum absolute atomic E-state index is 0.0516. The number of alkyl halides is 2. The summed E-state index contributed by atoms with van der Waals surface area (Å²) in [6.45, 7) is -1.18. The van der Waals surface area contributed by atoms with Crippen molar-refractivity contribution in [1.29, 1.82) is 0 Å². The fraction of sp³-hybridized carbons (Fsp3) is 0.312. The first-order valence-corrected chi connectivity index (χ1v) is 8.24. The van der Waals surface area contributed by atoms with E-state index in [-0.39, 0.29) is 29.6 Å². The minimum Gasteiger partial charge on any atom is -0.493 e. The molecule has 0 radical (unpaired) electrons. The van der Waals surface area contributed by atoms with Crippen LogP contribution in [0.15, 0.2) is 22.6 Å². The molecule has 0 fully saturated rings. The molecule has 0 aliphatic heterocycles. The second-order valence-electron chi connectivity index (χ2n) is 4.99. The molecule has 2 rings (SSSR count). The van der Waals surface area contributed by atoms with Crippen molar-refractivity contribution in [3.8, 4) is 17.2 Å². The number of rotatable bonds is 8. The normalized spacial score (nSPS) is 11.0. The van der Waals surface area contributed by atoms with Gasteiger partial charge in [0, 0.05) is 16.6 Å². The number of hydrazone groups is 1. The molecule has 0 saturated carbocycles. The Labute approximate surface area is 152 Å². The first-order valence-electron chi connectivity index (χ1n) is 7.36. The summed E-state index contributed by atoms with van der Waals surface area (Å²) in [5.41, 5.74) is 3.69. The van der Waals surface area contributed by atoms with Crippen molar-refractivity contribution in [3.63, 3.8) is 0 Å². The summed E-state index contributed by atoms with van der Waals surface area (Å²) < 4.78 is 39.5. The van der Waals surface area contributed by atoms with Gasteiger partial charge in [0.1, 0.15) is 5.01 Å². The molecule has 1 aromatic carbocycles. The van der Waals surface area contributed by atoms with Gasteiger partial charge in [-0.2, -0.15) is 13.9 Å². The number of aromatic nitrogens is 1. The molecule has 0 unspecified atom stereocenters. The molecule has 7 nitrogen and oxygen atoms in total. The first-order chi connectivity index (χ1) is 12.4. The van der Waals surface area contributed by atoms with Crippen LogP contribution in [0.2, 0.25) is 0 Å². The number of nitrogens with zero attached hydrogens (tertiary/aromatic N) is 2. The molecule has 0 atom stereocenters. The number of hydrogen-bond donors (Lipinski definition) is 1. The highest BCUT2D eigenvalue weighted by Crippen LogP contribution is 2.39. The highest BCUT2D eigenvalue weighted by Gasteiger charge is 2.17. The summed E-state index contributed by atoms with van der Waals surface area (Å²) in [5.74, 6) is -0.441. The lowest BCUT2D eigenvalue weighted by atomic mass is 10.2. The quantitative estimate of drug-likeness (QED) is 0.558. The second-order valence-corrected chi connectivity index (χ2v) is 5.93. The van der Waals surface area contributed by atoms with Crippen LogP contribution in [0.4, 0.5) is 8.78 Å². The fourth-order valence-corrected chi connectivity index (χ4v) is 2.79. The monoisotopic (exact) mass is 385 g/mol. The maximum atomic E-state index is 12.5. The van der Waals surface area contributed by atoms with E-state index in [1.165, 1.54) is 43.9 Å². The maximum Gasteiger partial charge on any atom is 0.387 e. The van der Waals surface area contributed by atoms with Crippen LogP contribution >= 0.6 is 11.3 Å². The summed E-state index contributed by atoms with van der Waals surface area (Å²) in [6, 6.07) is 2.86. The van der Waals surface area contributed by atoms with E-state index in [0.29, 0.717) is 10.6 Å². The van der Waals surface area contributed by atoms with E-state index in [2.05, 4.69) is 20.2 Å². The Kier molecular flexibility index (Phi) is 6.84. The van der Waals surface area contributed by atoms with Crippen molar-refractivity contribution >= 4 is 23.5 Å². The number of carbonyl (C=O) groups excluding carboxylic acids is 1. The van der Waals surface area contributed by atoms with E-state index >= 15 is 0 Å². The molecule has 0 aliphatic carbocycles. The van der Waals surface area contributed by atoms with E-state index < -0.39 is 6.61 Å². The van der Waals surface area contributed by atoms with Gasteiger partial charge in [-0.05, 0) is 19.1 Å². The van der Waals surface area contributed by atoms with Crippen LogP contribution in [0.5, 0.6) is 17.2 Å². The molecule has 2 aromatic rings. The smallest absolute Gasteiger partial charge is 0.387 e. The lowest BCUT2D eigenvalue weighted by molar-refractivity contribution is -0.120. The van der Waals surface area contributed by atoms with E-state index in [0.717, 1.165) is 5.69 Å². The van der Waals surface area contributed by atoms with Crippen molar-refractivity contribution < 1.29 is 27.8 Å². The molecular formula is C16H17F2N3O4S. The molecule has 140 valence electrons. The van der Waals surface area contributed by atoms with Crippen molar-refractivity contribution in [2.24, 2.45) is 5.10 Å². The third-order valence-corrected chi connectivity index (χ3v) is 4.04. The number of hydrogen-bond acceptors (Lipinski definition) is 7. The summed E-state index contributed by atoms with van der Waals surface area (Å²) >= 11 is 1.39. The van der Waals surface area contributed by atoms with Gasteiger partial charge in [0.05, 0.1) is 26.9 Å². The molecule has 1 amide bonds. The third-order valence-electron chi connectivity index (χ3n) is 3.07. The Bertz CT molecular complexity index is 771. The summed E-state index contributed by atoms with van der Waals surface area (Å²) in [7, 11) is 2.62. The zero-order chi connectivity index (χ0) is 19.1. The molecule has 10 heteroatoms. The summed E-state index contributed by atoms with van der Waals surface area (Å²) in [6.07, 6.45) is 1.45. The Morgan fingerprint density at radius 2 is 2.00 bits per heavy atom. The van der Waals surface area contributed by atoms with Crippen LogP contribution in [0.25, 0.3) is 0 Å². The summed E-state index contributed by atoms with van der Waals surface area (Å²) in [5, 5.41) is 6.38. The predicted molar refractivity (Wildman–Crippen MR) is 92.5 cm³/mol. The summed E-state index contributed by atoms with van der Waals surface area (Å²) in [4.78, 5) is 16.0. The largest absolute Gasteiger partial charge is 0.493 e. The Morgan fingerprint density at radius 3 is 2.50 bits per heavy atom. The number of benzene rings is 1. The average molecular weight is 385 g/mol. The highest BCUT2D eigenvalue weighted by molar-refractivity contribution is 7.09. The molecule has 0 spiro atoms. The van der Waals surface area contributed by atoms with Crippen molar-refractivity contribution in [1.82, 2.24) is 10.4 Å². The van der Waals surface area contributed by atoms with Gasteiger partial charge >= 0.3 is 6.61 Å². The number of amides is 1. The van der Waals surface area contributed by atoms with Crippen LogP contribution in [-0.4, -0.2) is 37.9 Å². The Hall–Kier alpha value is -2.75. The van der Waals surface area contributed by atoms with Gasteiger partial charge < -0.3 is 14.2 Å². The SMILES string of the molecule is COc1cc(/C=N\NC(=O)Cc2nc(C)cs2)cc(OC)c1OC(F)F. The molecule has 1 heterocycles. The molecule has 0 bridgehead atoms. The van der Waals surface area contributed by atoms with Crippen molar-refractivity contribution in [3.05, 3.63) is 33.8 Å². The number of aryl methyl sites for hydroxylation is 1. The van der Waals surface area contributed by atoms with Crippen LogP contribution in [-0.2, 0) is 11.2 Å². The topological polar surface area (TPSA) is 82.0 Å². The zero-order valence-electron chi connectivity index (χ0n) is 14.3. The number of nitrogens with one attached hydrogen (secondary N) is 1. The van der Waals surface area contributed by atoms with E-state index in [4.69, 9.17) is 9.47 Å². The molecule has 26 heavy (non-hydrogen) atoms. The van der Waals surface area contributed by atoms with Gasteiger partial charge in [0.25, 0.3) is 0 Å². The molecule has 0 aliphatic rings. The molecule has 0 saturated heterocycles. The number of ether oxygens (including phenoxy) is 3. The van der Waals surface area contributed by atoms with Crippen LogP contribution < -0.4 is 19.6 Å². The average Bonchev–Trinajstić information content (AvgIpc) is 2.99. The maximum absolute atomic E-state index is 12.5. The van der Waals surface area contributed by atoms with Gasteiger partial charge in [-0.1, -0.05) is 0 Å². The lowest BCUT2D eigenvalue weighted by Gasteiger charge is -2.14. The van der Waals surface area contributed by atoms with Gasteiger partial charge in [-0.25, -0.2) is 10.4 Å². The zero-order valence-corrected chi connectivity index (χ0v) is 15.1. The predicted octanol–water partition coefficient (Wildman–Crippen LogP) is 2.76. The second kappa shape index (κ2) is 9.09. The van der Waals surface area contributed by atoms with Gasteiger partial charge in [0.2, 0.25) is 11.7 Å². The van der Waals surface area contributed by atoms with Crippen molar-refractivity contribution in [2.75, 3.05) is 14.2 Å². The van der Waals surface area contributed by atoms with Crippen LogP contribution in [0, 0.1) is 6.92 Å². The van der Waals surface area contributed by atoms with E-state index in [9.17, 15) is 13.6 Å². The fourth-order valence-electron chi connectivity index (χ4n) is 2.02. The van der Waals surface area contributed by atoms with E-state index in [1.54, 1.807) is 0 Å². The molecule has 1 N–H and O–H groups in total. The van der Waals surface area contributed by atoms with Gasteiger partial charge in [-0.15, -0.1) is 11.3 Å². The van der Waals surface area contributed by atoms with Gasteiger partial charge in [-0.3, -0.25) is 4.79 Å². The number of halogens is 2. The lowest BCUT2D eigenvalue weighted by Crippen LogP contribution is -2.19.